The van der Waals surface area contributed by atoms with E-state index in [1.54, 1.807) is 7.11 Å². The summed E-state index contributed by atoms with van der Waals surface area (Å²) in [5.74, 6) is 0.887. The van der Waals surface area contributed by atoms with Gasteiger partial charge in [-0.1, -0.05) is 42.5 Å². The number of rotatable bonds is 6. The molecule has 1 aromatic heterocycles. The highest BCUT2D eigenvalue weighted by Crippen LogP contribution is 2.18. The predicted octanol–water partition coefficient (Wildman–Crippen LogP) is 4.32. The summed E-state index contributed by atoms with van der Waals surface area (Å²) < 4.78 is 5.17. The normalized spacial score (nSPS) is 11.6. The standard InChI is InChI=1S/C20H22N2O/c1-22(14-4-5-16-8-10-19(23-2)11-9-16)15-18-7-3-6-17-12-13-21-20(17)18/h3-13,21H,14-15H2,1-2H3. The van der Waals surface area contributed by atoms with E-state index >= 15 is 0 Å². The van der Waals surface area contributed by atoms with Crippen molar-refractivity contribution in [3.05, 3.63) is 71.9 Å². The van der Waals surface area contributed by atoms with E-state index in [9.17, 15) is 0 Å². The van der Waals surface area contributed by atoms with Crippen molar-refractivity contribution in [2.24, 2.45) is 0 Å². The van der Waals surface area contributed by atoms with Crippen LogP contribution in [0.25, 0.3) is 17.0 Å². The van der Waals surface area contributed by atoms with E-state index in [4.69, 9.17) is 4.74 Å². The molecule has 0 aliphatic carbocycles. The smallest absolute Gasteiger partial charge is 0.118 e. The van der Waals surface area contributed by atoms with Gasteiger partial charge < -0.3 is 9.72 Å². The summed E-state index contributed by atoms with van der Waals surface area (Å²) in [6, 6.07) is 16.6. The largest absolute Gasteiger partial charge is 0.497 e. The number of aromatic nitrogens is 1. The highest BCUT2D eigenvalue weighted by atomic mass is 16.5. The first-order valence-corrected chi connectivity index (χ1v) is 7.80. The molecular weight excluding hydrogens is 284 g/mol. The molecule has 0 aliphatic rings. The van der Waals surface area contributed by atoms with Gasteiger partial charge in [0.15, 0.2) is 0 Å². The highest BCUT2D eigenvalue weighted by molar-refractivity contribution is 5.82. The summed E-state index contributed by atoms with van der Waals surface area (Å²) in [5.41, 5.74) is 3.75. The molecule has 2 aromatic carbocycles. The first-order chi connectivity index (χ1) is 11.3. The Balaban J connectivity index is 1.59. The third-order valence-electron chi connectivity index (χ3n) is 3.96. The van der Waals surface area contributed by atoms with Crippen molar-refractivity contribution in [2.45, 2.75) is 6.54 Å². The second kappa shape index (κ2) is 7.16. The molecule has 23 heavy (non-hydrogen) atoms. The van der Waals surface area contributed by atoms with Gasteiger partial charge in [-0.3, -0.25) is 4.90 Å². The first-order valence-electron chi connectivity index (χ1n) is 7.80. The molecule has 3 rings (SSSR count). The molecule has 1 N–H and O–H groups in total. The van der Waals surface area contributed by atoms with Crippen LogP contribution < -0.4 is 4.74 Å². The molecular formula is C20H22N2O. The zero-order valence-electron chi connectivity index (χ0n) is 13.6. The van der Waals surface area contributed by atoms with Crippen LogP contribution in [0.5, 0.6) is 5.75 Å². The van der Waals surface area contributed by atoms with E-state index in [1.807, 2.05) is 18.3 Å². The maximum atomic E-state index is 5.17. The summed E-state index contributed by atoms with van der Waals surface area (Å²) in [4.78, 5) is 5.63. The van der Waals surface area contributed by atoms with Gasteiger partial charge in [0.25, 0.3) is 0 Å². The van der Waals surface area contributed by atoms with Crippen molar-refractivity contribution in [1.82, 2.24) is 9.88 Å². The van der Waals surface area contributed by atoms with Gasteiger partial charge in [-0.25, -0.2) is 0 Å². The Labute approximate surface area is 137 Å². The first kappa shape index (κ1) is 15.4. The highest BCUT2D eigenvalue weighted by Gasteiger charge is 2.04. The van der Waals surface area contributed by atoms with Crippen LogP contribution in [-0.4, -0.2) is 30.6 Å². The van der Waals surface area contributed by atoms with Crippen molar-refractivity contribution in [3.63, 3.8) is 0 Å². The zero-order valence-corrected chi connectivity index (χ0v) is 13.6. The molecule has 0 aliphatic heterocycles. The lowest BCUT2D eigenvalue weighted by Gasteiger charge is -2.15. The molecule has 0 radical (unpaired) electrons. The predicted molar refractivity (Wildman–Crippen MR) is 96.7 cm³/mol. The number of fused-ring (bicyclic) bond motifs is 1. The number of ether oxygens (including phenoxy) is 1. The number of hydrogen-bond donors (Lipinski definition) is 1. The topological polar surface area (TPSA) is 28.3 Å². The summed E-state index contributed by atoms with van der Waals surface area (Å²) in [6.45, 7) is 1.83. The minimum atomic E-state index is 0.887. The average Bonchev–Trinajstić information content (AvgIpc) is 3.05. The Morgan fingerprint density at radius 3 is 2.70 bits per heavy atom. The van der Waals surface area contributed by atoms with Crippen LogP contribution in [0.15, 0.2) is 60.8 Å². The van der Waals surface area contributed by atoms with Gasteiger partial charge >= 0.3 is 0 Å². The van der Waals surface area contributed by atoms with Gasteiger partial charge in [-0.2, -0.15) is 0 Å². The lowest BCUT2D eigenvalue weighted by Crippen LogP contribution is -2.17. The summed E-state index contributed by atoms with van der Waals surface area (Å²) in [7, 11) is 3.82. The minimum Gasteiger partial charge on any atom is -0.497 e. The molecule has 0 atom stereocenters. The molecule has 0 bridgehead atoms. The van der Waals surface area contributed by atoms with Crippen LogP contribution in [0.1, 0.15) is 11.1 Å². The Hall–Kier alpha value is -2.52. The van der Waals surface area contributed by atoms with E-state index in [-0.39, 0.29) is 0 Å². The SMILES string of the molecule is COc1ccc(C=CCN(C)Cc2cccc3cc[nH]c23)cc1. The van der Waals surface area contributed by atoms with Gasteiger partial charge in [-0.15, -0.1) is 0 Å². The molecule has 3 heteroatoms. The maximum Gasteiger partial charge on any atom is 0.118 e. The quantitative estimate of drug-likeness (QED) is 0.734. The van der Waals surface area contributed by atoms with Crippen molar-refractivity contribution in [2.75, 3.05) is 20.7 Å². The Bertz CT molecular complexity index is 787. The molecule has 0 spiro atoms. The number of para-hydroxylation sites is 1. The molecule has 118 valence electrons. The number of hydrogen-bond acceptors (Lipinski definition) is 2. The lowest BCUT2D eigenvalue weighted by molar-refractivity contribution is 0.365. The molecule has 3 nitrogen and oxygen atoms in total. The van der Waals surface area contributed by atoms with Gasteiger partial charge in [0, 0.05) is 24.8 Å². The van der Waals surface area contributed by atoms with E-state index in [0.29, 0.717) is 0 Å². The number of H-pyrrole nitrogens is 1. The lowest BCUT2D eigenvalue weighted by atomic mass is 10.1. The third kappa shape index (κ3) is 3.82. The van der Waals surface area contributed by atoms with Crippen LogP contribution in [0.2, 0.25) is 0 Å². The van der Waals surface area contributed by atoms with Crippen molar-refractivity contribution < 1.29 is 4.74 Å². The van der Waals surface area contributed by atoms with Crippen molar-refractivity contribution in [1.29, 1.82) is 0 Å². The number of nitrogens with one attached hydrogen (secondary N) is 1. The maximum absolute atomic E-state index is 5.17. The molecule has 0 saturated heterocycles. The molecule has 0 saturated carbocycles. The molecule has 1 heterocycles. The second-order valence-corrected chi connectivity index (χ2v) is 5.73. The van der Waals surface area contributed by atoms with Gasteiger partial charge in [0.05, 0.1) is 7.11 Å². The van der Waals surface area contributed by atoms with Crippen LogP contribution >= 0.6 is 0 Å². The number of nitrogens with zero attached hydrogens (tertiary/aromatic N) is 1. The number of benzene rings is 2. The van der Waals surface area contributed by atoms with Crippen LogP contribution in [0.3, 0.4) is 0 Å². The summed E-state index contributed by atoms with van der Waals surface area (Å²) in [6.07, 6.45) is 6.33. The zero-order chi connectivity index (χ0) is 16.1. The fourth-order valence-corrected chi connectivity index (χ4v) is 2.72. The monoisotopic (exact) mass is 306 g/mol. The summed E-state index contributed by atoms with van der Waals surface area (Å²) >= 11 is 0. The molecule has 0 fully saturated rings. The van der Waals surface area contributed by atoms with Gasteiger partial charge in [0.1, 0.15) is 5.75 Å². The van der Waals surface area contributed by atoms with E-state index < -0.39 is 0 Å². The van der Waals surface area contributed by atoms with E-state index in [2.05, 4.69) is 65.5 Å². The second-order valence-electron chi connectivity index (χ2n) is 5.73. The Kier molecular flexibility index (Phi) is 4.79. The molecule has 0 amide bonds. The van der Waals surface area contributed by atoms with Crippen molar-refractivity contribution >= 4 is 17.0 Å². The number of methoxy groups -OCH3 is 1. The van der Waals surface area contributed by atoms with Gasteiger partial charge in [-0.05, 0) is 41.8 Å². The van der Waals surface area contributed by atoms with E-state index in [0.717, 1.165) is 18.8 Å². The van der Waals surface area contributed by atoms with Crippen LogP contribution in [0.4, 0.5) is 0 Å². The minimum absolute atomic E-state index is 0.887. The third-order valence-corrected chi connectivity index (χ3v) is 3.96. The number of likely N-dealkylation sites (N-methyl/N-ethyl adjacent to an activating group) is 1. The number of aromatic amines is 1. The fourth-order valence-electron chi connectivity index (χ4n) is 2.72. The Morgan fingerprint density at radius 1 is 1.09 bits per heavy atom. The van der Waals surface area contributed by atoms with Crippen molar-refractivity contribution in [3.8, 4) is 5.75 Å². The fraction of sp³-hybridized carbons (Fsp3) is 0.200. The van der Waals surface area contributed by atoms with Crippen LogP contribution in [-0.2, 0) is 6.54 Å². The molecule has 0 unspecified atom stereocenters. The Morgan fingerprint density at radius 2 is 1.91 bits per heavy atom. The van der Waals surface area contributed by atoms with Gasteiger partial charge in [0.2, 0.25) is 0 Å². The van der Waals surface area contributed by atoms with E-state index in [1.165, 1.54) is 22.0 Å². The van der Waals surface area contributed by atoms with Crippen LogP contribution in [0, 0.1) is 0 Å². The summed E-state index contributed by atoms with van der Waals surface area (Å²) in [5, 5.41) is 1.27. The molecule has 3 aromatic rings. The average molecular weight is 306 g/mol.